The number of carbonyl (C=O) groups is 2. The molecule has 1 aromatic carbocycles. The second-order valence-corrected chi connectivity index (χ2v) is 5.64. The summed E-state index contributed by atoms with van der Waals surface area (Å²) in [5, 5.41) is 11.9. The third kappa shape index (κ3) is 3.51. The molecule has 6 heteroatoms. The maximum Gasteiger partial charge on any atom is 0.317 e. The quantitative estimate of drug-likeness (QED) is 0.898. The number of nitrogens with zero attached hydrogens (tertiary/aromatic N) is 1. The minimum absolute atomic E-state index is 0.0891. The van der Waals surface area contributed by atoms with Crippen LogP contribution in [0.4, 0.5) is 9.18 Å². The Morgan fingerprint density at radius 2 is 2.14 bits per heavy atom. The maximum atomic E-state index is 13.5. The van der Waals surface area contributed by atoms with Crippen LogP contribution < -0.4 is 5.32 Å². The van der Waals surface area contributed by atoms with Gasteiger partial charge in [0.05, 0.1) is 5.41 Å². The third-order valence-corrected chi connectivity index (χ3v) is 3.89. The van der Waals surface area contributed by atoms with Crippen molar-refractivity contribution in [1.82, 2.24) is 10.2 Å². The number of halogens is 1. The van der Waals surface area contributed by atoms with E-state index in [1.165, 1.54) is 11.0 Å². The van der Waals surface area contributed by atoms with Gasteiger partial charge in [-0.1, -0.05) is 18.2 Å². The molecule has 0 radical (unpaired) electrons. The molecule has 1 atom stereocenters. The number of hydrogen-bond acceptors (Lipinski definition) is 2. The van der Waals surface area contributed by atoms with E-state index >= 15 is 0 Å². The van der Waals surface area contributed by atoms with Crippen molar-refractivity contribution in [2.75, 3.05) is 13.1 Å². The Morgan fingerprint density at radius 1 is 1.43 bits per heavy atom. The molecule has 1 aromatic rings. The number of urea groups is 1. The highest BCUT2D eigenvalue weighted by Crippen LogP contribution is 2.29. The topological polar surface area (TPSA) is 69.6 Å². The van der Waals surface area contributed by atoms with Crippen LogP contribution in [0.2, 0.25) is 0 Å². The van der Waals surface area contributed by atoms with Crippen molar-refractivity contribution < 1.29 is 19.1 Å². The predicted molar refractivity (Wildman–Crippen MR) is 75.2 cm³/mol. The zero-order valence-electron chi connectivity index (χ0n) is 11.9. The molecule has 0 aliphatic carbocycles. The highest BCUT2D eigenvalue weighted by Gasteiger charge is 2.39. The normalized spacial score (nSPS) is 21.9. The Labute approximate surface area is 122 Å². The Morgan fingerprint density at radius 3 is 2.81 bits per heavy atom. The van der Waals surface area contributed by atoms with Gasteiger partial charge < -0.3 is 15.3 Å². The van der Waals surface area contributed by atoms with Crippen LogP contribution in [0.25, 0.3) is 0 Å². The van der Waals surface area contributed by atoms with E-state index in [2.05, 4.69) is 5.32 Å². The first-order valence-corrected chi connectivity index (χ1v) is 6.92. The van der Waals surface area contributed by atoms with Gasteiger partial charge in [0.25, 0.3) is 0 Å². The molecule has 5 nitrogen and oxygen atoms in total. The zero-order valence-corrected chi connectivity index (χ0v) is 11.9. The van der Waals surface area contributed by atoms with Crippen LogP contribution in [-0.4, -0.2) is 35.1 Å². The Bertz CT molecular complexity index is 549. The molecule has 2 amide bonds. The molecule has 1 unspecified atom stereocenters. The highest BCUT2D eigenvalue weighted by atomic mass is 19.1. The molecule has 0 aromatic heterocycles. The molecule has 1 aliphatic rings. The van der Waals surface area contributed by atoms with Crippen molar-refractivity contribution in [3.63, 3.8) is 0 Å². The Kier molecular flexibility index (Phi) is 4.45. The van der Waals surface area contributed by atoms with Crippen molar-refractivity contribution in [2.45, 2.75) is 26.3 Å². The van der Waals surface area contributed by atoms with Gasteiger partial charge in [0.15, 0.2) is 0 Å². The van der Waals surface area contributed by atoms with Crippen molar-refractivity contribution in [3.8, 4) is 0 Å². The van der Waals surface area contributed by atoms with Gasteiger partial charge in [-0.2, -0.15) is 0 Å². The van der Waals surface area contributed by atoms with Crippen LogP contribution in [0.15, 0.2) is 24.3 Å². The van der Waals surface area contributed by atoms with E-state index in [0.29, 0.717) is 24.9 Å². The van der Waals surface area contributed by atoms with Gasteiger partial charge >= 0.3 is 12.0 Å². The van der Waals surface area contributed by atoms with E-state index in [0.717, 1.165) is 0 Å². The fourth-order valence-corrected chi connectivity index (χ4v) is 2.51. The summed E-state index contributed by atoms with van der Waals surface area (Å²) in [5.41, 5.74) is -0.503. The first-order chi connectivity index (χ1) is 9.92. The van der Waals surface area contributed by atoms with Crippen LogP contribution in [0, 0.1) is 11.2 Å². The van der Waals surface area contributed by atoms with Crippen molar-refractivity contribution in [1.29, 1.82) is 0 Å². The lowest BCUT2D eigenvalue weighted by molar-refractivity contribution is -0.150. The fraction of sp³-hybridized carbons (Fsp3) is 0.467. The van der Waals surface area contributed by atoms with Crippen molar-refractivity contribution >= 4 is 12.0 Å². The molecule has 1 saturated heterocycles. The number of carboxylic acid groups (broad SMARTS) is 1. The van der Waals surface area contributed by atoms with Gasteiger partial charge in [0.2, 0.25) is 0 Å². The lowest BCUT2D eigenvalue weighted by Gasteiger charge is -2.37. The van der Waals surface area contributed by atoms with Gasteiger partial charge in [-0.15, -0.1) is 0 Å². The van der Waals surface area contributed by atoms with Gasteiger partial charge in [-0.05, 0) is 25.8 Å². The molecule has 21 heavy (non-hydrogen) atoms. The monoisotopic (exact) mass is 294 g/mol. The van der Waals surface area contributed by atoms with Crippen LogP contribution in [0.3, 0.4) is 0 Å². The molecule has 2 rings (SSSR count). The Balaban J connectivity index is 1.94. The van der Waals surface area contributed by atoms with E-state index in [-0.39, 0.29) is 24.9 Å². The van der Waals surface area contributed by atoms with Gasteiger partial charge in [0.1, 0.15) is 5.82 Å². The van der Waals surface area contributed by atoms with Crippen LogP contribution >= 0.6 is 0 Å². The predicted octanol–water partition coefficient (Wildman–Crippen LogP) is 2.22. The molecule has 1 heterocycles. The number of piperidine rings is 1. The lowest BCUT2D eigenvalue weighted by Crippen LogP contribution is -2.51. The number of nitrogens with one attached hydrogen (secondary N) is 1. The smallest absolute Gasteiger partial charge is 0.317 e. The number of rotatable bonds is 3. The number of likely N-dealkylation sites (tertiary alicyclic amines) is 1. The van der Waals surface area contributed by atoms with Crippen LogP contribution in [0.5, 0.6) is 0 Å². The lowest BCUT2D eigenvalue weighted by atomic mass is 9.82. The first kappa shape index (κ1) is 15.3. The summed E-state index contributed by atoms with van der Waals surface area (Å²) in [5.74, 6) is -1.26. The highest BCUT2D eigenvalue weighted by molar-refractivity contribution is 5.78. The molecule has 114 valence electrons. The molecule has 2 N–H and O–H groups in total. The molecular formula is C15H19FN2O3. The SMILES string of the molecule is CC1(C(=O)O)CCCN(C(=O)NCc2ccccc2F)C1. The van der Waals surface area contributed by atoms with Crippen molar-refractivity contribution in [2.24, 2.45) is 5.41 Å². The second-order valence-electron chi connectivity index (χ2n) is 5.64. The maximum absolute atomic E-state index is 13.5. The molecule has 0 bridgehead atoms. The molecule has 0 spiro atoms. The minimum atomic E-state index is -0.909. The number of hydrogen-bond donors (Lipinski definition) is 2. The van der Waals surface area contributed by atoms with Crippen LogP contribution in [-0.2, 0) is 11.3 Å². The fourth-order valence-electron chi connectivity index (χ4n) is 2.51. The van der Waals surface area contributed by atoms with Crippen molar-refractivity contribution in [3.05, 3.63) is 35.6 Å². The average molecular weight is 294 g/mol. The molecule has 1 aliphatic heterocycles. The van der Waals surface area contributed by atoms with E-state index < -0.39 is 11.4 Å². The largest absolute Gasteiger partial charge is 0.481 e. The standard InChI is InChI=1S/C15H19FN2O3/c1-15(13(19)20)7-4-8-18(10-15)14(21)17-9-11-5-2-3-6-12(11)16/h2-3,5-6H,4,7-10H2,1H3,(H,17,21)(H,19,20). The van der Waals surface area contributed by atoms with Gasteiger partial charge in [-0.3, -0.25) is 4.79 Å². The van der Waals surface area contributed by atoms with Crippen LogP contribution in [0.1, 0.15) is 25.3 Å². The van der Waals surface area contributed by atoms with E-state index in [1.807, 2.05) is 0 Å². The number of aliphatic carboxylic acids is 1. The molecule has 1 fully saturated rings. The Hall–Kier alpha value is -2.11. The van der Waals surface area contributed by atoms with E-state index in [1.54, 1.807) is 25.1 Å². The number of benzene rings is 1. The average Bonchev–Trinajstić information content (AvgIpc) is 2.46. The third-order valence-electron chi connectivity index (χ3n) is 3.89. The molecular weight excluding hydrogens is 275 g/mol. The number of carbonyl (C=O) groups excluding carboxylic acids is 1. The minimum Gasteiger partial charge on any atom is -0.481 e. The number of amides is 2. The van der Waals surface area contributed by atoms with E-state index in [9.17, 15) is 19.1 Å². The first-order valence-electron chi connectivity index (χ1n) is 6.92. The number of carboxylic acids is 1. The second kappa shape index (κ2) is 6.11. The summed E-state index contributed by atoms with van der Waals surface area (Å²) in [6.45, 7) is 2.43. The summed E-state index contributed by atoms with van der Waals surface area (Å²) in [6.07, 6.45) is 1.20. The zero-order chi connectivity index (χ0) is 15.5. The van der Waals surface area contributed by atoms with E-state index in [4.69, 9.17) is 0 Å². The summed E-state index contributed by atoms with van der Waals surface area (Å²) in [7, 11) is 0. The summed E-state index contributed by atoms with van der Waals surface area (Å²) in [4.78, 5) is 24.8. The van der Waals surface area contributed by atoms with Gasteiger partial charge in [-0.25, -0.2) is 9.18 Å². The summed E-state index contributed by atoms with van der Waals surface area (Å²) in [6, 6.07) is 5.87. The molecule has 0 saturated carbocycles. The summed E-state index contributed by atoms with van der Waals surface area (Å²) >= 11 is 0. The van der Waals surface area contributed by atoms with Gasteiger partial charge in [0, 0.05) is 25.2 Å². The summed E-state index contributed by atoms with van der Waals surface area (Å²) < 4.78 is 13.5.